The van der Waals surface area contributed by atoms with Crippen LogP contribution in [0.2, 0.25) is 0 Å². The zero-order chi connectivity index (χ0) is 35.5. The van der Waals surface area contributed by atoms with Crippen LogP contribution in [0.25, 0.3) is 10.1 Å². The van der Waals surface area contributed by atoms with Gasteiger partial charge >= 0.3 is 13.3 Å². The smallest absolute Gasteiger partial charge is 0.340 e. The van der Waals surface area contributed by atoms with Crippen LogP contribution in [0.1, 0.15) is 78.1 Å². The summed E-state index contributed by atoms with van der Waals surface area (Å²) in [5, 5.41) is 2.91. The van der Waals surface area contributed by atoms with E-state index in [2.05, 4.69) is 14.9 Å². The minimum absolute atomic E-state index is 0.0802. The molecular formula is C33H39F2N6O7PS. The normalized spacial score (nSPS) is 24.6. The first kappa shape index (κ1) is 34.7. The second kappa shape index (κ2) is 13.1. The summed E-state index contributed by atoms with van der Waals surface area (Å²) in [6.45, 7) is 3.67. The van der Waals surface area contributed by atoms with Crippen molar-refractivity contribution in [3.05, 3.63) is 52.4 Å². The molecule has 50 heavy (non-hydrogen) atoms. The molecule has 0 radical (unpaired) electrons. The van der Waals surface area contributed by atoms with Gasteiger partial charge in [-0.3, -0.25) is 23.7 Å². The van der Waals surface area contributed by atoms with Gasteiger partial charge in [-0.2, -0.15) is 8.78 Å². The fourth-order valence-electron chi connectivity index (χ4n) is 7.93. The van der Waals surface area contributed by atoms with Gasteiger partial charge in [-0.15, -0.1) is 11.3 Å². The standard InChI is InChI=1S/C33H39F2N6O7PS/c1-19(42)38-13-10-23-6-7-25(32(45)39-12-9-20(17-39)26-16-36-29-4-2-3-11-40(26)29)41(23)31(44)24(18-38)37-30(43)28-15-21-14-22(5-8-27(21)50-28)33(34,35)49(46,47)48/h5,8,14-16,20,23-25H,2-4,6-7,9-13,17-18H2,1H3,(H,37,43)(H2,46,47,48)/t20?,23-,24+,25+/m1/s1. The minimum Gasteiger partial charge on any atom is -0.340 e. The fraction of sp³-hybridized carbons (Fsp3) is 0.545. The highest BCUT2D eigenvalue weighted by Crippen LogP contribution is 2.59. The lowest BCUT2D eigenvalue weighted by atomic mass is 10.0. The number of carbonyl (C=O) groups is 4. The van der Waals surface area contributed by atoms with Crippen LogP contribution in [0.5, 0.6) is 0 Å². The van der Waals surface area contributed by atoms with Gasteiger partial charge in [-0.1, -0.05) is 6.07 Å². The number of amides is 4. The number of fused-ring (bicyclic) bond motifs is 3. The van der Waals surface area contributed by atoms with E-state index in [4.69, 9.17) is 9.79 Å². The molecule has 4 aliphatic rings. The number of hydrogen-bond donors (Lipinski definition) is 3. The molecule has 4 aliphatic heterocycles. The largest absolute Gasteiger partial charge is 0.399 e. The van der Waals surface area contributed by atoms with Gasteiger partial charge in [0.15, 0.2) is 0 Å². The number of hydrogen-bond acceptors (Lipinski definition) is 7. The van der Waals surface area contributed by atoms with Crippen molar-refractivity contribution in [2.24, 2.45) is 0 Å². The molecule has 4 atom stereocenters. The summed E-state index contributed by atoms with van der Waals surface area (Å²) >= 11 is 0.964. The van der Waals surface area contributed by atoms with Gasteiger partial charge in [0.1, 0.15) is 17.9 Å². The number of nitrogens with zero attached hydrogens (tertiary/aromatic N) is 5. The Morgan fingerprint density at radius 2 is 1.80 bits per heavy atom. The lowest BCUT2D eigenvalue weighted by Gasteiger charge is -2.39. The molecule has 268 valence electrons. The number of alkyl halides is 2. The quantitative estimate of drug-likeness (QED) is 0.325. The van der Waals surface area contributed by atoms with Gasteiger partial charge in [-0.05, 0) is 62.1 Å². The van der Waals surface area contributed by atoms with Crippen molar-refractivity contribution in [3.63, 3.8) is 0 Å². The summed E-state index contributed by atoms with van der Waals surface area (Å²) in [4.78, 5) is 82.5. The van der Waals surface area contributed by atoms with E-state index < -0.39 is 42.7 Å². The molecule has 1 unspecified atom stereocenters. The zero-order valence-corrected chi connectivity index (χ0v) is 29.2. The van der Waals surface area contributed by atoms with Crippen LogP contribution in [-0.4, -0.2) is 102 Å². The Morgan fingerprint density at radius 1 is 1.02 bits per heavy atom. The van der Waals surface area contributed by atoms with Crippen molar-refractivity contribution >= 4 is 52.6 Å². The van der Waals surface area contributed by atoms with E-state index in [0.29, 0.717) is 43.6 Å². The predicted octanol–water partition coefficient (Wildman–Crippen LogP) is 3.39. The molecule has 17 heteroatoms. The number of nitrogens with one attached hydrogen (secondary N) is 1. The van der Waals surface area contributed by atoms with Crippen LogP contribution in [-0.2, 0) is 37.6 Å². The van der Waals surface area contributed by atoms with Gasteiger partial charge in [0, 0.05) is 80.2 Å². The first-order chi connectivity index (χ1) is 23.7. The maximum absolute atomic E-state index is 14.4. The highest BCUT2D eigenvalue weighted by atomic mass is 32.1. The van der Waals surface area contributed by atoms with Gasteiger partial charge < -0.3 is 34.4 Å². The number of carbonyl (C=O) groups excluding carboxylic acids is 4. The van der Waals surface area contributed by atoms with Crippen LogP contribution < -0.4 is 5.32 Å². The Balaban J connectivity index is 1.10. The summed E-state index contributed by atoms with van der Waals surface area (Å²) in [5.41, 5.74) is -4.15. The molecule has 3 aromatic rings. The third kappa shape index (κ3) is 6.24. The van der Waals surface area contributed by atoms with E-state index in [-0.39, 0.29) is 40.6 Å². The maximum atomic E-state index is 14.4. The second-order valence-electron chi connectivity index (χ2n) is 13.7. The summed E-state index contributed by atoms with van der Waals surface area (Å²) < 4.78 is 42.9. The zero-order valence-electron chi connectivity index (χ0n) is 27.5. The van der Waals surface area contributed by atoms with E-state index in [9.17, 15) is 32.5 Å². The highest BCUT2D eigenvalue weighted by Gasteiger charge is 2.51. The van der Waals surface area contributed by atoms with Crippen LogP contribution in [0.4, 0.5) is 8.78 Å². The molecule has 0 saturated carbocycles. The van der Waals surface area contributed by atoms with Crippen molar-refractivity contribution in [1.29, 1.82) is 0 Å². The summed E-state index contributed by atoms with van der Waals surface area (Å²) in [5.74, 6) is -0.270. The molecule has 13 nitrogen and oxygen atoms in total. The number of thiophene rings is 1. The lowest BCUT2D eigenvalue weighted by Crippen LogP contribution is -2.61. The average Bonchev–Trinajstić information content (AvgIpc) is 3.88. The van der Waals surface area contributed by atoms with Crippen LogP contribution >= 0.6 is 18.9 Å². The Hall–Kier alpha value is -3.72. The fourth-order valence-corrected chi connectivity index (χ4v) is 9.35. The Labute approximate surface area is 290 Å². The average molecular weight is 733 g/mol. The molecule has 0 aliphatic carbocycles. The molecule has 2 aromatic heterocycles. The first-order valence-electron chi connectivity index (χ1n) is 16.9. The number of aromatic nitrogens is 2. The molecule has 1 aromatic carbocycles. The Bertz CT molecular complexity index is 1910. The highest BCUT2D eigenvalue weighted by molar-refractivity contribution is 7.52. The number of rotatable bonds is 6. The van der Waals surface area contributed by atoms with Crippen molar-refractivity contribution in [3.8, 4) is 0 Å². The molecule has 3 N–H and O–H groups in total. The monoisotopic (exact) mass is 732 g/mol. The predicted molar refractivity (Wildman–Crippen MR) is 179 cm³/mol. The molecule has 0 bridgehead atoms. The second-order valence-corrected chi connectivity index (χ2v) is 16.4. The van der Waals surface area contributed by atoms with E-state index in [1.807, 2.05) is 11.1 Å². The molecular weight excluding hydrogens is 693 g/mol. The molecule has 0 spiro atoms. The van der Waals surface area contributed by atoms with Gasteiger partial charge in [0.05, 0.1) is 4.88 Å². The van der Waals surface area contributed by atoms with Gasteiger partial charge in [-0.25, -0.2) is 4.98 Å². The first-order valence-corrected chi connectivity index (χ1v) is 19.3. The van der Waals surface area contributed by atoms with E-state index in [0.717, 1.165) is 67.2 Å². The SMILES string of the molecule is CC(=O)N1CC[C@H]2CC[C@@H](C(=O)N3CCC(c4cnc5n4CCCC5)C3)N2C(=O)[C@@H](NC(=O)c2cc3cc(C(F)(F)P(=O)(O)O)ccc3s2)C1. The van der Waals surface area contributed by atoms with Crippen molar-refractivity contribution < 1.29 is 42.3 Å². The molecule has 3 fully saturated rings. The van der Waals surface area contributed by atoms with Crippen LogP contribution in [0.3, 0.4) is 0 Å². The molecule has 7 rings (SSSR count). The number of halogens is 2. The summed E-state index contributed by atoms with van der Waals surface area (Å²) in [6.07, 6.45) is 7.48. The third-order valence-corrected chi connectivity index (χ3v) is 12.7. The Morgan fingerprint density at radius 3 is 2.56 bits per heavy atom. The topological polar surface area (TPSA) is 165 Å². The molecule has 4 amide bonds. The number of likely N-dealkylation sites (tertiary alicyclic amines) is 1. The molecule has 3 saturated heterocycles. The Kier molecular flexibility index (Phi) is 9.11. The number of imidazole rings is 1. The van der Waals surface area contributed by atoms with E-state index >= 15 is 0 Å². The molecule has 6 heterocycles. The summed E-state index contributed by atoms with van der Waals surface area (Å²) in [6, 6.07) is 2.23. The van der Waals surface area contributed by atoms with Gasteiger partial charge in [0.25, 0.3) is 5.91 Å². The summed E-state index contributed by atoms with van der Waals surface area (Å²) in [7, 11) is -5.80. The van der Waals surface area contributed by atoms with E-state index in [1.54, 1.807) is 4.90 Å². The van der Waals surface area contributed by atoms with Crippen molar-refractivity contribution in [2.75, 3.05) is 26.2 Å². The van der Waals surface area contributed by atoms with E-state index in [1.165, 1.54) is 24.0 Å². The van der Waals surface area contributed by atoms with Crippen LogP contribution in [0, 0.1) is 0 Å². The van der Waals surface area contributed by atoms with Crippen molar-refractivity contribution in [1.82, 2.24) is 29.6 Å². The van der Waals surface area contributed by atoms with Crippen molar-refractivity contribution in [2.45, 2.75) is 88.1 Å². The lowest BCUT2D eigenvalue weighted by molar-refractivity contribution is -0.148. The maximum Gasteiger partial charge on any atom is 0.399 e. The number of aryl methyl sites for hydroxylation is 1. The number of benzene rings is 1. The van der Waals surface area contributed by atoms with Crippen LogP contribution in [0.15, 0.2) is 30.5 Å². The third-order valence-electron chi connectivity index (χ3n) is 10.6. The minimum atomic E-state index is -5.80. The van der Waals surface area contributed by atoms with Gasteiger partial charge in [0.2, 0.25) is 17.7 Å².